The standard InChI is InChI=1S/C5H7NO4/c1-10-5(8)3-2-4(7)6-9/h2-3H2,1H3. The molecule has 5 heteroatoms. The first-order chi connectivity index (χ1) is 4.70. The predicted octanol–water partition coefficient (Wildman–Crippen LogP) is 0.233. The van der Waals surface area contributed by atoms with E-state index in [1.54, 1.807) is 0 Å². The first-order valence-corrected chi connectivity index (χ1v) is 2.63. The minimum absolute atomic E-state index is 0.0823. The fraction of sp³-hybridized carbons (Fsp3) is 0.600. The molecule has 0 rings (SSSR count). The number of esters is 1. The maximum absolute atomic E-state index is 10.3. The lowest BCUT2D eigenvalue weighted by Gasteiger charge is -1.92. The molecule has 0 radical (unpaired) electrons. The minimum atomic E-state index is -0.828. The predicted molar refractivity (Wildman–Crippen MR) is 32.1 cm³/mol. The van der Waals surface area contributed by atoms with Gasteiger partial charge in [0.25, 0.3) is 5.91 Å². The average Bonchev–Trinajstić information content (AvgIpc) is 1.99. The van der Waals surface area contributed by atoms with Crippen LogP contribution >= 0.6 is 0 Å². The molecule has 0 saturated carbocycles. The molecule has 10 heavy (non-hydrogen) atoms. The third kappa shape index (κ3) is 3.71. The van der Waals surface area contributed by atoms with Crippen molar-refractivity contribution in [2.24, 2.45) is 5.18 Å². The van der Waals surface area contributed by atoms with Crippen molar-refractivity contribution in [2.75, 3.05) is 7.11 Å². The second-order valence-electron chi connectivity index (χ2n) is 1.56. The highest BCUT2D eigenvalue weighted by Gasteiger charge is 2.05. The van der Waals surface area contributed by atoms with E-state index < -0.39 is 11.9 Å². The van der Waals surface area contributed by atoms with E-state index >= 15 is 0 Å². The van der Waals surface area contributed by atoms with Gasteiger partial charge in [0.1, 0.15) is 0 Å². The molecule has 0 N–H and O–H groups in total. The Labute approximate surface area is 57.3 Å². The number of rotatable bonds is 3. The first-order valence-electron chi connectivity index (χ1n) is 2.63. The molecule has 0 aliphatic rings. The van der Waals surface area contributed by atoms with Gasteiger partial charge in [-0.25, -0.2) is 0 Å². The zero-order valence-corrected chi connectivity index (χ0v) is 5.49. The van der Waals surface area contributed by atoms with Gasteiger partial charge in [0.2, 0.25) is 0 Å². The van der Waals surface area contributed by atoms with Crippen molar-refractivity contribution in [3.05, 3.63) is 4.91 Å². The van der Waals surface area contributed by atoms with Crippen LogP contribution in [0.15, 0.2) is 5.18 Å². The Morgan fingerprint density at radius 1 is 1.40 bits per heavy atom. The van der Waals surface area contributed by atoms with Gasteiger partial charge in [-0.3, -0.25) is 9.59 Å². The molecule has 0 saturated heterocycles. The van der Waals surface area contributed by atoms with Crippen LogP contribution in [-0.2, 0) is 14.3 Å². The summed E-state index contributed by atoms with van der Waals surface area (Å²) in [5.74, 6) is -1.35. The number of methoxy groups -OCH3 is 1. The summed E-state index contributed by atoms with van der Waals surface area (Å²) in [6.45, 7) is 0. The van der Waals surface area contributed by atoms with E-state index in [4.69, 9.17) is 0 Å². The lowest BCUT2D eigenvalue weighted by atomic mass is 10.3. The molecule has 0 fully saturated rings. The topological polar surface area (TPSA) is 72.8 Å². The van der Waals surface area contributed by atoms with Crippen LogP contribution in [0.3, 0.4) is 0 Å². The van der Waals surface area contributed by atoms with E-state index in [2.05, 4.69) is 9.91 Å². The van der Waals surface area contributed by atoms with Crippen molar-refractivity contribution in [3.8, 4) is 0 Å². The van der Waals surface area contributed by atoms with E-state index in [9.17, 15) is 14.5 Å². The lowest BCUT2D eigenvalue weighted by Crippen LogP contribution is -2.03. The fourth-order valence-corrected chi connectivity index (χ4v) is 0.357. The summed E-state index contributed by atoms with van der Waals surface area (Å²) in [5, 5.41) is 2.10. The van der Waals surface area contributed by atoms with E-state index in [-0.39, 0.29) is 12.8 Å². The van der Waals surface area contributed by atoms with Crippen LogP contribution in [-0.4, -0.2) is 19.0 Å². The monoisotopic (exact) mass is 145 g/mol. The molecule has 0 spiro atoms. The second kappa shape index (κ2) is 4.60. The third-order valence-electron chi connectivity index (χ3n) is 0.872. The Bertz CT molecular complexity index is 154. The van der Waals surface area contributed by atoms with Crippen LogP contribution in [0.2, 0.25) is 0 Å². The van der Waals surface area contributed by atoms with E-state index in [0.717, 1.165) is 0 Å². The van der Waals surface area contributed by atoms with Gasteiger partial charge >= 0.3 is 5.97 Å². The molecular weight excluding hydrogens is 138 g/mol. The summed E-state index contributed by atoms with van der Waals surface area (Å²) in [5.41, 5.74) is 0. The van der Waals surface area contributed by atoms with Crippen LogP contribution < -0.4 is 0 Å². The number of hydrogen-bond donors (Lipinski definition) is 0. The van der Waals surface area contributed by atoms with Gasteiger partial charge < -0.3 is 4.74 Å². The fourth-order valence-electron chi connectivity index (χ4n) is 0.357. The molecule has 56 valence electrons. The highest BCUT2D eigenvalue weighted by molar-refractivity contribution is 5.81. The van der Waals surface area contributed by atoms with Gasteiger partial charge in [0, 0.05) is 11.6 Å². The van der Waals surface area contributed by atoms with Gasteiger partial charge in [-0.2, -0.15) is 0 Å². The van der Waals surface area contributed by atoms with Crippen LogP contribution in [0, 0.1) is 4.91 Å². The van der Waals surface area contributed by atoms with Crippen molar-refractivity contribution in [1.82, 2.24) is 0 Å². The number of carbonyl (C=O) groups excluding carboxylic acids is 2. The van der Waals surface area contributed by atoms with Gasteiger partial charge in [-0.1, -0.05) is 0 Å². The minimum Gasteiger partial charge on any atom is -0.469 e. The molecule has 0 aliphatic carbocycles. The summed E-state index contributed by atoms with van der Waals surface area (Å²) < 4.78 is 4.21. The van der Waals surface area contributed by atoms with Gasteiger partial charge in [-0.15, -0.1) is 4.91 Å². The van der Waals surface area contributed by atoms with Crippen molar-refractivity contribution in [3.63, 3.8) is 0 Å². The summed E-state index contributed by atoms with van der Waals surface area (Å²) in [6, 6.07) is 0. The highest BCUT2D eigenvalue weighted by atomic mass is 16.5. The Balaban J connectivity index is 3.44. The number of nitrogens with zero attached hydrogens (tertiary/aromatic N) is 1. The second-order valence-corrected chi connectivity index (χ2v) is 1.56. The number of hydrogen-bond acceptors (Lipinski definition) is 4. The van der Waals surface area contributed by atoms with Crippen molar-refractivity contribution >= 4 is 11.9 Å². The Hall–Kier alpha value is -1.26. The normalized spacial score (nSPS) is 8.50. The van der Waals surface area contributed by atoms with Crippen molar-refractivity contribution in [1.29, 1.82) is 0 Å². The maximum atomic E-state index is 10.3. The molecule has 0 aliphatic heterocycles. The molecule has 0 atom stereocenters. The first kappa shape index (κ1) is 8.74. The third-order valence-corrected chi connectivity index (χ3v) is 0.872. The maximum Gasteiger partial charge on any atom is 0.306 e. The van der Waals surface area contributed by atoms with Gasteiger partial charge in [0.05, 0.1) is 13.5 Å². The van der Waals surface area contributed by atoms with E-state index in [1.165, 1.54) is 7.11 Å². The zero-order chi connectivity index (χ0) is 7.98. The van der Waals surface area contributed by atoms with Gasteiger partial charge in [0.15, 0.2) is 0 Å². The molecule has 0 aromatic rings. The van der Waals surface area contributed by atoms with Crippen LogP contribution in [0.5, 0.6) is 0 Å². The smallest absolute Gasteiger partial charge is 0.306 e. The molecule has 5 nitrogen and oxygen atoms in total. The highest BCUT2D eigenvalue weighted by Crippen LogP contribution is 1.93. The molecule has 0 unspecified atom stereocenters. The summed E-state index contributed by atoms with van der Waals surface area (Å²) in [6.07, 6.45) is -0.253. The number of ether oxygens (including phenoxy) is 1. The molecule has 1 amide bonds. The summed E-state index contributed by atoms with van der Waals surface area (Å²) in [4.78, 5) is 29.9. The largest absolute Gasteiger partial charge is 0.469 e. The Kier molecular flexibility index (Phi) is 4.02. The van der Waals surface area contributed by atoms with E-state index in [0.29, 0.717) is 0 Å². The van der Waals surface area contributed by atoms with E-state index in [1.807, 2.05) is 0 Å². The van der Waals surface area contributed by atoms with Crippen LogP contribution in [0.25, 0.3) is 0 Å². The SMILES string of the molecule is COC(=O)CCC(=O)N=O. The molecule has 0 aromatic carbocycles. The zero-order valence-electron chi connectivity index (χ0n) is 5.49. The molecule has 0 bridgehead atoms. The number of nitroso groups, excluding NO2 is 1. The Morgan fingerprint density at radius 2 is 2.00 bits per heavy atom. The lowest BCUT2D eigenvalue weighted by molar-refractivity contribution is -0.141. The molecular formula is C5H7NO4. The van der Waals surface area contributed by atoms with Gasteiger partial charge in [-0.05, 0) is 0 Å². The van der Waals surface area contributed by atoms with Crippen molar-refractivity contribution in [2.45, 2.75) is 12.8 Å². The van der Waals surface area contributed by atoms with Crippen LogP contribution in [0.4, 0.5) is 0 Å². The summed E-state index contributed by atoms with van der Waals surface area (Å²) >= 11 is 0. The number of amides is 1. The van der Waals surface area contributed by atoms with Crippen LogP contribution in [0.1, 0.15) is 12.8 Å². The quantitative estimate of drug-likeness (QED) is 0.421. The molecule has 0 heterocycles. The molecule has 0 aromatic heterocycles. The number of carbonyl (C=O) groups is 2. The summed E-state index contributed by atoms with van der Waals surface area (Å²) in [7, 11) is 1.21. The average molecular weight is 145 g/mol. The van der Waals surface area contributed by atoms with Crippen molar-refractivity contribution < 1.29 is 14.3 Å². The Morgan fingerprint density at radius 3 is 2.40 bits per heavy atom.